The van der Waals surface area contributed by atoms with Crippen molar-refractivity contribution in [2.24, 2.45) is 0 Å². The van der Waals surface area contributed by atoms with E-state index in [2.05, 4.69) is 15.6 Å². The summed E-state index contributed by atoms with van der Waals surface area (Å²) in [4.78, 5) is 21.8. The maximum atomic E-state index is 11.8. The summed E-state index contributed by atoms with van der Waals surface area (Å²) in [5.74, 6) is -1.85. The van der Waals surface area contributed by atoms with Crippen molar-refractivity contribution in [2.75, 3.05) is 6.54 Å². The first kappa shape index (κ1) is 14.9. The highest BCUT2D eigenvalue weighted by Gasteiger charge is 2.26. The zero-order chi connectivity index (χ0) is 14.5. The molecule has 10 heteroatoms. The third-order valence-corrected chi connectivity index (χ3v) is 1.99. The lowest BCUT2D eigenvalue weighted by atomic mass is 10.3. The molecule has 0 saturated carbocycles. The Hall–Kier alpha value is -2.13. The smallest absolute Gasteiger partial charge is 0.389 e. The van der Waals surface area contributed by atoms with Gasteiger partial charge in [0.25, 0.3) is 5.91 Å². The molecule has 1 aromatic rings. The summed E-state index contributed by atoms with van der Waals surface area (Å²) in [6.07, 6.45) is -4.37. The van der Waals surface area contributed by atoms with Crippen LogP contribution in [0.4, 0.5) is 13.2 Å². The van der Waals surface area contributed by atoms with Gasteiger partial charge in [-0.15, -0.1) is 5.10 Å². The van der Waals surface area contributed by atoms with Crippen LogP contribution in [0, 0.1) is 0 Å². The van der Waals surface area contributed by atoms with Crippen LogP contribution in [-0.4, -0.2) is 44.7 Å². The van der Waals surface area contributed by atoms with Crippen LogP contribution in [0.1, 0.15) is 23.3 Å². The molecule has 106 valence electrons. The molecular formula is C9H11F3N4O3. The van der Waals surface area contributed by atoms with Crippen LogP contribution in [0.15, 0.2) is 6.20 Å². The molecule has 1 aromatic heterocycles. The number of rotatable bonds is 6. The summed E-state index contributed by atoms with van der Waals surface area (Å²) in [5.41, 5.74) is -0.145. The first-order chi connectivity index (χ1) is 8.78. The van der Waals surface area contributed by atoms with Crippen LogP contribution < -0.4 is 5.32 Å². The molecule has 0 aliphatic carbocycles. The minimum Gasteiger partial charge on any atom is -0.480 e. The third kappa shape index (κ3) is 5.84. The van der Waals surface area contributed by atoms with E-state index in [1.165, 1.54) is 0 Å². The number of aromatic nitrogens is 3. The first-order valence-electron chi connectivity index (χ1n) is 5.25. The fraction of sp³-hybridized carbons (Fsp3) is 0.556. The molecule has 1 rings (SSSR count). The third-order valence-electron chi connectivity index (χ3n) is 1.99. The average Bonchev–Trinajstić information content (AvgIpc) is 2.70. The number of carboxylic acids is 1. The second-order valence-electron chi connectivity index (χ2n) is 3.67. The van der Waals surface area contributed by atoms with Crippen LogP contribution >= 0.6 is 0 Å². The Morgan fingerprint density at radius 1 is 1.42 bits per heavy atom. The molecule has 0 fully saturated rings. The van der Waals surface area contributed by atoms with Gasteiger partial charge in [-0.2, -0.15) is 13.2 Å². The van der Waals surface area contributed by atoms with Crippen molar-refractivity contribution < 1.29 is 27.9 Å². The molecule has 0 saturated heterocycles. The van der Waals surface area contributed by atoms with Crippen molar-refractivity contribution in [1.29, 1.82) is 0 Å². The SMILES string of the molecule is O=C(O)Cn1cc(C(=O)NCCCC(F)(F)F)nn1. The highest BCUT2D eigenvalue weighted by Crippen LogP contribution is 2.20. The van der Waals surface area contributed by atoms with Crippen molar-refractivity contribution in [3.63, 3.8) is 0 Å². The highest BCUT2D eigenvalue weighted by atomic mass is 19.4. The number of alkyl halides is 3. The van der Waals surface area contributed by atoms with Crippen LogP contribution in [0.2, 0.25) is 0 Å². The Morgan fingerprint density at radius 2 is 2.11 bits per heavy atom. The van der Waals surface area contributed by atoms with Gasteiger partial charge in [0.2, 0.25) is 0 Å². The number of nitrogens with one attached hydrogen (secondary N) is 1. The van der Waals surface area contributed by atoms with Crippen molar-refractivity contribution >= 4 is 11.9 Å². The number of halogens is 3. The van der Waals surface area contributed by atoms with Crippen LogP contribution in [-0.2, 0) is 11.3 Å². The van der Waals surface area contributed by atoms with Crippen molar-refractivity contribution in [1.82, 2.24) is 20.3 Å². The van der Waals surface area contributed by atoms with Crippen LogP contribution in [0.5, 0.6) is 0 Å². The van der Waals surface area contributed by atoms with Gasteiger partial charge in [-0.05, 0) is 6.42 Å². The molecule has 0 spiro atoms. The number of hydrogen-bond acceptors (Lipinski definition) is 4. The summed E-state index contributed by atoms with van der Waals surface area (Å²) in [6.45, 7) is -0.599. The van der Waals surface area contributed by atoms with Gasteiger partial charge in [0, 0.05) is 13.0 Å². The lowest BCUT2D eigenvalue weighted by Crippen LogP contribution is -2.26. The Balaban J connectivity index is 2.37. The summed E-state index contributed by atoms with van der Waals surface area (Å²) in [6, 6.07) is 0. The number of carboxylic acid groups (broad SMARTS) is 1. The lowest BCUT2D eigenvalue weighted by molar-refractivity contribution is -0.138. The molecule has 1 heterocycles. The van der Waals surface area contributed by atoms with Crippen molar-refractivity contribution in [3.05, 3.63) is 11.9 Å². The summed E-state index contributed by atoms with van der Waals surface area (Å²) in [7, 11) is 0. The predicted octanol–water partition coefficient (Wildman–Crippen LogP) is 0.435. The molecule has 0 atom stereocenters. The Labute approximate surface area is 105 Å². The van der Waals surface area contributed by atoms with Gasteiger partial charge >= 0.3 is 12.1 Å². The van der Waals surface area contributed by atoms with Gasteiger partial charge in [-0.1, -0.05) is 5.21 Å². The molecule has 0 aromatic carbocycles. The zero-order valence-electron chi connectivity index (χ0n) is 9.65. The highest BCUT2D eigenvalue weighted by molar-refractivity contribution is 5.91. The number of carbonyl (C=O) groups excluding carboxylic acids is 1. The fourth-order valence-electron chi connectivity index (χ4n) is 1.20. The maximum absolute atomic E-state index is 11.8. The standard InChI is InChI=1S/C9H11F3N4O3/c10-9(11,12)2-1-3-13-8(19)6-4-16(15-14-6)5-7(17)18/h4H,1-3,5H2,(H,13,19)(H,17,18). The minimum atomic E-state index is -4.25. The quantitative estimate of drug-likeness (QED) is 0.737. The van der Waals surface area contributed by atoms with E-state index >= 15 is 0 Å². The van der Waals surface area contributed by atoms with E-state index in [9.17, 15) is 22.8 Å². The summed E-state index contributed by atoms with van der Waals surface area (Å²) in [5, 5.41) is 17.5. The first-order valence-corrected chi connectivity index (χ1v) is 5.25. The molecule has 0 radical (unpaired) electrons. The van der Waals surface area contributed by atoms with Gasteiger partial charge in [-0.25, -0.2) is 4.68 Å². The second-order valence-corrected chi connectivity index (χ2v) is 3.67. The average molecular weight is 280 g/mol. The van der Waals surface area contributed by atoms with Gasteiger partial charge in [0.05, 0.1) is 6.20 Å². The Morgan fingerprint density at radius 3 is 2.68 bits per heavy atom. The number of aliphatic carboxylic acids is 1. The monoisotopic (exact) mass is 280 g/mol. The number of hydrogen-bond donors (Lipinski definition) is 2. The fourth-order valence-corrected chi connectivity index (χ4v) is 1.20. The molecule has 2 N–H and O–H groups in total. The van der Waals surface area contributed by atoms with Crippen LogP contribution in [0.3, 0.4) is 0 Å². The van der Waals surface area contributed by atoms with Gasteiger partial charge in [0.1, 0.15) is 6.54 Å². The topological polar surface area (TPSA) is 97.1 Å². The molecule has 0 aliphatic rings. The van der Waals surface area contributed by atoms with Crippen LogP contribution in [0.25, 0.3) is 0 Å². The summed E-state index contributed by atoms with van der Waals surface area (Å²) < 4.78 is 36.4. The van der Waals surface area contributed by atoms with Gasteiger partial charge in [-0.3, -0.25) is 9.59 Å². The van der Waals surface area contributed by atoms with E-state index in [0.717, 1.165) is 10.9 Å². The summed E-state index contributed by atoms with van der Waals surface area (Å²) >= 11 is 0. The van der Waals surface area contributed by atoms with E-state index in [4.69, 9.17) is 5.11 Å². The molecule has 0 bridgehead atoms. The zero-order valence-corrected chi connectivity index (χ0v) is 9.65. The van der Waals surface area contributed by atoms with Gasteiger partial charge in [0.15, 0.2) is 5.69 Å². The molecule has 0 unspecified atom stereocenters. The lowest BCUT2D eigenvalue weighted by Gasteiger charge is -2.06. The normalized spacial score (nSPS) is 11.3. The molecular weight excluding hydrogens is 269 g/mol. The van der Waals surface area contributed by atoms with Crippen molar-refractivity contribution in [2.45, 2.75) is 25.6 Å². The molecule has 1 amide bonds. The number of nitrogens with zero attached hydrogens (tertiary/aromatic N) is 3. The predicted molar refractivity (Wildman–Crippen MR) is 55.3 cm³/mol. The Bertz CT molecular complexity index is 458. The maximum Gasteiger partial charge on any atom is 0.389 e. The number of carbonyl (C=O) groups is 2. The number of amides is 1. The minimum absolute atomic E-state index is 0.145. The van der Waals surface area contributed by atoms with E-state index in [1.807, 2.05) is 0 Å². The Kier molecular flexibility index (Phi) is 4.84. The van der Waals surface area contributed by atoms with E-state index in [0.29, 0.717) is 0 Å². The largest absolute Gasteiger partial charge is 0.480 e. The van der Waals surface area contributed by atoms with Crippen molar-refractivity contribution in [3.8, 4) is 0 Å². The molecule has 19 heavy (non-hydrogen) atoms. The van der Waals surface area contributed by atoms with E-state index < -0.39 is 31.0 Å². The van der Waals surface area contributed by atoms with Gasteiger partial charge < -0.3 is 10.4 Å². The molecule has 7 nitrogen and oxygen atoms in total. The second kappa shape index (κ2) is 6.16. The molecule has 0 aliphatic heterocycles. The van der Waals surface area contributed by atoms with E-state index in [-0.39, 0.29) is 18.7 Å². The van der Waals surface area contributed by atoms with E-state index in [1.54, 1.807) is 0 Å².